The first kappa shape index (κ1) is 23.1. The van der Waals surface area contributed by atoms with Crippen molar-refractivity contribution in [3.8, 4) is 0 Å². The third-order valence-electron chi connectivity index (χ3n) is 6.16. The minimum Gasteiger partial charge on any atom is -0.340 e. The van der Waals surface area contributed by atoms with Crippen LogP contribution in [-0.2, 0) is 9.59 Å². The Bertz CT molecular complexity index is 489. The van der Waals surface area contributed by atoms with Crippen LogP contribution in [0, 0.1) is 0 Å². The van der Waals surface area contributed by atoms with Gasteiger partial charge in [0.2, 0.25) is 12.8 Å². The number of piperidine rings is 2. The van der Waals surface area contributed by atoms with E-state index in [1.54, 1.807) is 0 Å². The Labute approximate surface area is 171 Å². The lowest BCUT2D eigenvalue weighted by atomic mass is 9.78. The van der Waals surface area contributed by atoms with Crippen LogP contribution in [0.1, 0.15) is 81.1 Å². The number of nitrogens with one attached hydrogen (secondary N) is 2. The third-order valence-corrected chi connectivity index (χ3v) is 6.16. The van der Waals surface area contributed by atoms with Gasteiger partial charge in [-0.25, -0.2) is 0 Å². The summed E-state index contributed by atoms with van der Waals surface area (Å²) in [5.41, 5.74) is -0.0511. The van der Waals surface area contributed by atoms with E-state index in [0.717, 1.165) is 38.5 Å². The van der Waals surface area contributed by atoms with Crippen LogP contribution in [-0.4, -0.2) is 69.9 Å². The summed E-state index contributed by atoms with van der Waals surface area (Å²) in [6, 6.07) is 0.385. The van der Waals surface area contributed by atoms with E-state index in [9.17, 15) is 9.59 Å². The largest absolute Gasteiger partial charge is 0.340 e. The molecule has 0 aromatic carbocycles. The minimum absolute atomic E-state index is 0.0128. The van der Waals surface area contributed by atoms with Crippen molar-refractivity contribution in [3.63, 3.8) is 0 Å². The highest BCUT2D eigenvalue weighted by Crippen LogP contribution is 2.32. The second-order valence-corrected chi connectivity index (χ2v) is 11.6. The molecule has 0 aromatic rings. The zero-order chi connectivity index (χ0) is 21.4. The zero-order valence-electron chi connectivity index (χ0n) is 19.3. The standard InChI is InChI=1S/C22H42N4O2/c1-19(2)11-17(12-20(3,4)23-19)25(15-27)9-10-26(16-28)18-13-21(5,6)24-22(7,8)14-18/h15-18,23-24H,9-14H2,1-8H3. The van der Waals surface area contributed by atoms with E-state index in [1.165, 1.54) is 0 Å². The Hall–Kier alpha value is -1.14. The summed E-state index contributed by atoms with van der Waals surface area (Å²) in [6.45, 7) is 18.7. The van der Waals surface area contributed by atoms with Gasteiger partial charge in [0.05, 0.1) is 0 Å². The molecule has 6 nitrogen and oxygen atoms in total. The van der Waals surface area contributed by atoms with E-state index in [-0.39, 0.29) is 34.2 Å². The normalized spacial score (nSPS) is 26.4. The van der Waals surface area contributed by atoms with Crippen molar-refractivity contribution in [1.29, 1.82) is 0 Å². The highest BCUT2D eigenvalue weighted by Gasteiger charge is 2.41. The van der Waals surface area contributed by atoms with E-state index in [4.69, 9.17) is 0 Å². The predicted molar refractivity (Wildman–Crippen MR) is 114 cm³/mol. The van der Waals surface area contributed by atoms with Crippen molar-refractivity contribution in [2.75, 3.05) is 13.1 Å². The molecule has 0 bridgehead atoms. The summed E-state index contributed by atoms with van der Waals surface area (Å²) in [7, 11) is 0. The molecule has 0 aromatic heterocycles. The van der Waals surface area contributed by atoms with Gasteiger partial charge in [0, 0.05) is 47.3 Å². The van der Waals surface area contributed by atoms with E-state index < -0.39 is 0 Å². The number of carbonyl (C=O) groups excluding carboxylic acids is 2. The minimum atomic E-state index is -0.0128. The maximum atomic E-state index is 11.9. The van der Waals surface area contributed by atoms with E-state index in [2.05, 4.69) is 66.0 Å². The number of amides is 2. The Morgan fingerprint density at radius 3 is 1.11 bits per heavy atom. The zero-order valence-corrected chi connectivity index (χ0v) is 19.3. The van der Waals surface area contributed by atoms with Crippen LogP contribution in [0.15, 0.2) is 0 Å². The first-order chi connectivity index (χ1) is 12.7. The monoisotopic (exact) mass is 394 g/mol. The molecule has 6 heteroatoms. The fourth-order valence-corrected chi connectivity index (χ4v) is 5.88. The molecule has 2 saturated heterocycles. The average molecular weight is 395 g/mol. The molecule has 0 radical (unpaired) electrons. The molecular formula is C22H42N4O2. The number of hydrogen-bond donors (Lipinski definition) is 2. The van der Waals surface area contributed by atoms with E-state index in [1.807, 2.05) is 9.80 Å². The third kappa shape index (κ3) is 6.18. The Kier molecular flexibility index (Phi) is 6.56. The van der Waals surface area contributed by atoms with E-state index >= 15 is 0 Å². The molecule has 2 rings (SSSR count). The smallest absolute Gasteiger partial charge is 0.210 e. The lowest BCUT2D eigenvalue weighted by Gasteiger charge is -2.50. The summed E-state index contributed by atoms with van der Waals surface area (Å²) in [5, 5.41) is 7.34. The molecule has 2 N–H and O–H groups in total. The van der Waals surface area contributed by atoms with Crippen molar-refractivity contribution in [3.05, 3.63) is 0 Å². The van der Waals surface area contributed by atoms with Gasteiger partial charge in [-0.15, -0.1) is 0 Å². The first-order valence-electron chi connectivity index (χ1n) is 10.7. The molecule has 2 heterocycles. The Balaban J connectivity index is 2.04. The summed E-state index contributed by atoms with van der Waals surface area (Å²) >= 11 is 0. The molecule has 0 spiro atoms. The van der Waals surface area contributed by atoms with Crippen LogP contribution >= 0.6 is 0 Å². The molecule has 0 saturated carbocycles. The Morgan fingerprint density at radius 2 is 0.893 bits per heavy atom. The Morgan fingerprint density at radius 1 is 0.643 bits per heavy atom. The number of nitrogens with zero attached hydrogens (tertiary/aromatic N) is 2. The second kappa shape index (κ2) is 7.94. The van der Waals surface area contributed by atoms with Gasteiger partial charge >= 0.3 is 0 Å². The van der Waals surface area contributed by atoms with Gasteiger partial charge in [0.25, 0.3) is 0 Å². The highest BCUT2D eigenvalue weighted by molar-refractivity contribution is 5.50. The van der Waals surface area contributed by atoms with Crippen molar-refractivity contribution in [2.45, 2.75) is 115 Å². The van der Waals surface area contributed by atoms with Crippen LogP contribution < -0.4 is 10.6 Å². The summed E-state index contributed by atoms with van der Waals surface area (Å²) < 4.78 is 0. The second-order valence-electron chi connectivity index (χ2n) is 11.6. The van der Waals surface area contributed by atoms with Crippen LogP contribution in [0.5, 0.6) is 0 Å². The predicted octanol–water partition coefficient (Wildman–Crippen LogP) is 2.52. The molecule has 162 valence electrons. The maximum absolute atomic E-state index is 11.9. The molecule has 0 aliphatic carbocycles. The van der Waals surface area contributed by atoms with Crippen molar-refractivity contribution < 1.29 is 9.59 Å². The molecule has 2 aliphatic rings. The van der Waals surface area contributed by atoms with Gasteiger partial charge in [-0.1, -0.05) is 0 Å². The van der Waals surface area contributed by atoms with Crippen LogP contribution in [0.25, 0.3) is 0 Å². The lowest BCUT2D eigenvalue weighted by Crippen LogP contribution is -2.63. The van der Waals surface area contributed by atoms with E-state index in [0.29, 0.717) is 13.1 Å². The summed E-state index contributed by atoms with van der Waals surface area (Å²) in [6.07, 6.45) is 5.63. The SMILES string of the molecule is CC1(C)CC(N(C=O)CCN(C=O)C2CC(C)(C)NC(C)(C)C2)CC(C)(C)N1. The van der Waals surface area contributed by atoms with Gasteiger partial charge in [0.1, 0.15) is 0 Å². The van der Waals surface area contributed by atoms with Crippen LogP contribution in [0.4, 0.5) is 0 Å². The van der Waals surface area contributed by atoms with Crippen LogP contribution in [0.2, 0.25) is 0 Å². The summed E-state index contributed by atoms with van der Waals surface area (Å²) in [5.74, 6) is 0. The molecule has 0 atom stereocenters. The average Bonchev–Trinajstić information content (AvgIpc) is 2.45. The van der Waals surface area contributed by atoms with Crippen molar-refractivity contribution in [1.82, 2.24) is 20.4 Å². The first-order valence-corrected chi connectivity index (χ1v) is 10.7. The number of carbonyl (C=O) groups is 2. The maximum Gasteiger partial charge on any atom is 0.210 e. The highest BCUT2D eigenvalue weighted by atomic mass is 16.1. The fraction of sp³-hybridized carbons (Fsp3) is 0.909. The topological polar surface area (TPSA) is 64.7 Å². The van der Waals surface area contributed by atoms with Crippen molar-refractivity contribution in [2.24, 2.45) is 0 Å². The summed E-state index contributed by atoms with van der Waals surface area (Å²) in [4.78, 5) is 27.6. The lowest BCUT2D eigenvalue weighted by molar-refractivity contribution is -0.126. The molecule has 2 amide bonds. The van der Waals surface area contributed by atoms with Gasteiger partial charge < -0.3 is 20.4 Å². The van der Waals surface area contributed by atoms with Gasteiger partial charge in [-0.3, -0.25) is 9.59 Å². The van der Waals surface area contributed by atoms with Gasteiger partial charge in [0.15, 0.2) is 0 Å². The molecule has 28 heavy (non-hydrogen) atoms. The van der Waals surface area contributed by atoms with Gasteiger partial charge in [-0.2, -0.15) is 0 Å². The number of rotatable bonds is 7. The molecular weight excluding hydrogens is 352 g/mol. The quantitative estimate of drug-likeness (QED) is 0.651. The fourth-order valence-electron chi connectivity index (χ4n) is 5.88. The van der Waals surface area contributed by atoms with Gasteiger partial charge in [-0.05, 0) is 81.1 Å². The molecule has 2 fully saturated rings. The number of hydrogen-bond acceptors (Lipinski definition) is 4. The molecule has 2 aliphatic heterocycles. The molecule has 0 unspecified atom stereocenters. The van der Waals surface area contributed by atoms with Crippen LogP contribution in [0.3, 0.4) is 0 Å². The van der Waals surface area contributed by atoms with Crippen molar-refractivity contribution >= 4 is 12.8 Å².